The zero-order valence-electron chi connectivity index (χ0n) is 8.09. The Hall–Kier alpha value is -0.0800. The predicted octanol–water partition coefficient (Wildman–Crippen LogP) is 2.08. The molecular weight excluding hydrogens is 140 g/mol. The molecule has 11 heavy (non-hydrogen) atoms. The first-order chi connectivity index (χ1) is 5.29. The molecule has 0 heterocycles. The van der Waals surface area contributed by atoms with Gasteiger partial charge in [-0.1, -0.05) is 13.8 Å². The highest BCUT2D eigenvalue weighted by molar-refractivity contribution is 4.66. The van der Waals surface area contributed by atoms with E-state index in [1.807, 2.05) is 0 Å². The fourth-order valence-corrected chi connectivity index (χ4v) is 1.39. The van der Waals surface area contributed by atoms with E-state index in [1.54, 1.807) is 14.2 Å². The third kappa shape index (κ3) is 3.73. The zero-order chi connectivity index (χ0) is 8.69. The maximum absolute atomic E-state index is 5.33. The Morgan fingerprint density at radius 2 is 1.73 bits per heavy atom. The standard InChI is InChI=1S/C9H20O2/c1-5-8(7-10-3)9(6-2)11-4/h8-9H,5-7H2,1-4H3. The second kappa shape index (κ2) is 6.62. The maximum Gasteiger partial charge on any atom is 0.0618 e. The van der Waals surface area contributed by atoms with E-state index in [0.29, 0.717) is 12.0 Å². The van der Waals surface area contributed by atoms with Gasteiger partial charge in [0.15, 0.2) is 0 Å². The van der Waals surface area contributed by atoms with Crippen LogP contribution >= 0.6 is 0 Å². The molecule has 0 amide bonds. The molecule has 0 saturated carbocycles. The second-order valence-electron chi connectivity index (χ2n) is 2.81. The topological polar surface area (TPSA) is 18.5 Å². The summed E-state index contributed by atoms with van der Waals surface area (Å²) < 4.78 is 10.4. The van der Waals surface area contributed by atoms with Crippen LogP contribution < -0.4 is 0 Å². The van der Waals surface area contributed by atoms with E-state index >= 15 is 0 Å². The molecule has 68 valence electrons. The number of ether oxygens (including phenoxy) is 2. The van der Waals surface area contributed by atoms with Crippen LogP contribution in [0.4, 0.5) is 0 Å². The van der Waals surface area contributed by atoms with Crippen molar-refractivity contribution in [3.05, 3.63) is 0 Å². The SMILES string of the molecule is CCC(COC)C(CC)OC. The normalized spacial score (nSPS) is 16.4. The Morgan fingerprint density at radius 3 is 2.00 bits per heavy atom. The van der Waals surface area contributed by atoms with Crippen molar-refractivity contribution in [3.63, 3.8) is 0 Å². The highest BCUT2D eigenvalue weighted by Crippen LogP contribution is 2.14. The summed E-state index contributed by atoms with van der Waals surface area (Å²) in [5.74, 6) is 0.551. The van der Waals surface area contributed by atoms with Crippen LogP contribution in [0.2, 0.25) is 0 Å². The summed E-state index contributed by atoms with van der Waals surface area (Å²) in [6.45, 7) is 5.13. The van der Waals surface area contributed by atoms with E-state index in [2.05, 4.69) is 13.8 Å². The van der Waals surface area contributed by atoms with Gasteiger partial charge >= 0.3 is 0 Å². The third-order valence-corrected chi connectivity index (χ3v) is 2.14. The smallest absolute Gasteiger partial charge is 0.0618 e. The number of methoxy groups -OCH3 is 2. The Bertz CT molecular complexity index is 79.6. The minimum absolute atomic E-state index is 0.361. The predicted molar refractivity (Wildman–Crippen MR) is 46.7 cm³/mol. The van der Waals surface area contributed by atoms with Crippen LogP contribution in [-0.4, -0.2) is 26.9 Å². The lowest BCUT2D eigenvalue weighted by Gasteiger charge is -2.22. The van der Waals surface area contributed by atoms with Crippen molar-refractivity contribution in [2.24, 2.45) is 5.92 Å². The number of hydrogen-bond donors (Lipinski definition) is 0. The van der Waals surface area contributed by atoms with Crippen LogP contribution in [0.15, 0.2) is 0 Å². The minimum Gasteiger partial charge on any atom is -0.384 e. The van der Waals surface area contributed by atoms with Crippen LogP contribution in [-0.2, 0) is 9.47 Å². The molecule has 0 aliphatic heterocycles. The fraction of sp³-hybridized carbons (Fsp3) is 1.00. The number of hydrogen-bond acceptors (Lipinski definition) is 2. The lowest BCUT2D eigenvalue weighted by atomic mass is 9.98. The second-order valence-corrected chi connectivity index (χ2v) is 2.81. The van der Waals surface area contributed by atoms with Crippen molar-refractivity contribution in [1.82, 2.24) is 0 Å². The molecule has 2 atom stereocenters. The average molecular weight is 160 g/mol. The van der Waals surface area contributed by atoms with E-state index < -0.39 is 0 Å². The van der Waals surface area contributed by atoms with Gasteiger partial charge in [0.2, 0.25) is 0 Å². The van der Waals surface area contributed by atoms with Gasteiger partial charge in [-0.3, -0.25) is 0 Å². The molecular formula is C9H20O2. The van der Waals surface area contributed by atoms with E-state index in [4.69, 9.17) is 9.47 Å². The Kier molecular flexibility index (Phi) is 6.57. The van der Waals surface area contributed by atoms with Gasteiger partial charge < -0.3 is 9.47 Å². The molecule has 0 aliphatic carbocycles. The van der Waals surface area contributed by atoms with Crippen molar-refractivity contribution in [2.45, 2.75) is 32.8 Å². The summed E-state index contributed by atoms with van der Waals surface area (Å²) in [5, 5.41) is 0. The van der Waals surface area contributed by atoms with Gasteiger partial charge in [-0.25, -0.2) is 0 Å². The molecule has 0 rings (SSSR count). The molecule has 0 N–H and O–H groups in total. The molecule has 0 fully saturated rings. The summed E-state index contributed by atoms with van der Waals surface area (Å²) in [5.41, 5.74) is 0. The Balaban J connectivity index is 3.76. The molecule has 0 aromatic heterocycles. The lowest BCUT2D eigenvalue weighted by molar-refractivity contribution is 0.0108. The fourth-order valence-electron chi connectivity index (χ4n) is 1.39. The first kappa shape index (κ1) is 10.9. The molecule has 0 aromatic carbocycles. The van der Waals surface area contributed by atoms with Crippen molar-refractivity contribution >= 4 is 0 Å². The molecule has 0 bridgehead atoms. The van der Waals surface area contributed by atoms with Gasteiger partial charge in [0, 0.05) is 20.1 Å². The summed E-state index contributed by atoms with van der Waals surface area (Å²) in [7, 11) is 3.51. The van der Waals surface area contributed by atoms with Crippen molar-refractivity contribution < 1.29 is 9.47 Å². The molecule has 2 nitrogen and oxygen atoms in total. The monoisotopic (exact) mass is 160 g/mol. The van der Waals surface area contributed by atoms with Gasteiger partial charge in [0.05, 0.1) is 12.7 Å². The highest BCUT2D eigenvalue weighted by Gasteiger charge is 2.16. The molecule has 0 saturated heterocycles. The molecule has 2 heteroatoms. The molecule has 0 aromatic rings. The molecule has 0 spiro atoms. The van der Waals surface area contributed by atoms with E-state index in [-0.39, 0.29) is 0 Å². The van der Waals surface area contributed by atoms with E-state index in [9.17, 15) is 0 Å². The largest absolute Gasteiger partial charge is 0.384 e. The van der Waals surface area contributed by atoms with Crippen LogP contribution in [0.3, 0.4) is 0 Å². The molecule has 0 radical (unpaired) electrons. The summed E-state index contributed by atoms with van der Waals surface area (Å²) >= 11 is 0. The van der Waals surface area contributed by atoms with E-state index in [1.165, 1.54) is 0 Å². The van der Waals surface area contributed by atoms with Crippen LogP contribution in [0.25, 0.3) is 0 Å². The van der Waals surface area contributed by atoms with Crippen molar-refractivity contribution in [1.29, 1.82) is 0 Å². The first-order valence-electron chi connectivity index (χ1n) is 4.31. The van der Waals surface area contributed by atoms with Gasteiger partial charge in [-0.2, -0.15) is 0 Å². The van der Waals surface area contributed by atoms with Crippen molar-refractivity contribution in [2.75, 3.05) is 20.8 Å². The van der Waals surface area contributed by atoms with Crippen molar-refractivity contribution in [3.8, 4) is 0 Å². The van der Waals surface area contributed by atoms with Crippen LogP contribution in [0, 0.1) is 5.92 Å². The van der Waals surface area contributed by atoms with Gasteiger partial charge in [0.25, 0.3) is 0 Å². The quantitative estimate of drug-likeness (QED) is 0.592. The van der Waals surface area contributed by atoms with Crippen LogP contribution in [0.1, 0.15) is 26.7 Å². The first-order valence-corrected chi connectivity index (χ1v) is 4.31. The van der Waals surface area contributed by atoms with Gasteiger partial charge in [-0.05, 0) is 12.8 Å². The third-order valence-electron chi connectivity index (χ3n) is 2.14. The summed E-state index contributed by atoms with van der Waals surface area (Å²) in [6.07, 6.45) is 2.55. The van der Waals surface area contributed by atoms with Gasteiger partial charge in [0.1, 0.15) is 0 Å². The average Bonchev–Trinajstić information content (AvgIpc) is 2.05. The Labute approximate surface area is 69.9 Å². The van der Waals surface area contributed by atoms with Gasteiger partial charge in [-0.15, -0.1) is 0 Å². The number of rotatable bonds is 6. The summed E-state index contributed by atoms with van der Waals surface area (Å²) in [4.78, 5) is 0. The van der Waals surface area contributed by atoms with E-state index in [0.717, 1.165) is 19.4 Å². The highest BCUT2D eigenvalue weighted by atomic mass is 16.5. The molecule has 2 unspecified atom stereocenters. The van der Waals surface area contributed by atoms with Crippen LogP contribution in [0.5, 0.6) is 0 Å². The minimum atomic E-state index is 0.361. The lowest BCUT2D eigenvalue weighted by Crippen LogP contribution is -2.25. The zero-order valence-corrected chi connectivity index (χ0v) is 8.09. The summed E-state index contributed by atoms with van der Waals surface area (Å²) in [6, 6.07) is 0. The Morgan fingerprint density at radius 1 is 1.09 bits per heavy atom. The maximum atomic E-state index is 5.33. The molecule has 0 aliphatic rings.